The van der Waals surface area contributed by atoms with Crippen LogP contribution in [0.15, 0.2) is 12.5 Å². The number of rotatable bonds is 10. The Kier molecular flexibility index (Phi) is 51.8. The lowest BCUT2D eigenvalue weighted by Crippen LogP contribution is -2.64. The third-order valence-corrected chi connectivity index (χ3v) is 23.7. The van der Waals surface area contributed by atoms with Crippen LogP contribution in [0.4, 0.5) is 14.0 Å². The molecule has 1 aromatic heterocycles. The van der Waals surface area contributed by atoms with E-state index >= 15 is 0 Å². The third kappa shape index (κ3) is 59.9. The molecule has 8 N–H and O–H groups in total. The van der Waals surface area contributed by atoms with Crippen LogP contribution in [-0.2, 0) is 50.2 Å². The fourth-order valence-corrected chi connectivity index (χ4v) is 14.4. The van der Waals surface area contributed by atoms with E-state index in [9.17, 15) is 57.2 Å². The number of amides is 5. The van der Waals surface area contributed by atoms with Crippen LogP contribution in [0.3, 0.4) is 0 Å². The van der Waals surface area contributed by atoms with Crippen molar-refractivity contribution < 1.29 is 76.2 Å². The summed E-state index contributed by atoms with van der Waals surface area (Å²) < 4.78 is 59.0. The minimum atomic E-state index is -2.81. The van der Waals surface area contributed by atoms with Gasteiger partial charge in [0.25, 0.3) is 0 Å². The van der Waals surface area contributed by atoms with Gasteiger partial charge in [-0.1, -0.05) is 108 Å². The second-order valence-electron chi connectivity index (χ2n) is 52.6. The number of imidazole rings is 1. The molecule has 0 unspecified atom stereocenters. The number of esters is 1. The number of likely N-dealkylation sites (tertiary alicyclic amines) is 6. The molecule has 1 aromatic rings. The number of nitrogens with zero attached hydrogens (tertiary/aromatic N) is 9. The van der Waals surface area contributed by atoms with E-state index in [-0.39, 0.29) is 115 Å². The molecule has 0 bridgehead atoms. The van der Waals surface area contributed by atoms with Crippen molar-refractivity contribution in [2.24, 2.45) is 72.8 Å². The number of halogens is 1. The van der Waals surface area contributed by atoms with Gasteiger partial charge < -0.3 is 75.0 Å². The Morgan fingerprint density at radius 3 is 1.09 bits per heavy atom. The number of aromatic nitrogens is 2. The summed E-state index contributed by atoms with van der Waals surface area (Å²) in [7, 11) is -0.869. The molecular weight excluding hydrogens is 1900 g/mol. The standard InChI is InChI=1S/C13H23NO2S.C13H21NO.C13H23N.C12H20N2O2.2C12H19NO3.C12H21NO.C11H16FNO.C11H17NO2.C10H14N2.CH4/c1-12(2,3)6-7-13(4,5)14-8-10-17(15,16)11-9-14;1-12(2,3)6-7-13(15)9-14(10-13)8-11-4-5-11;1-12(2,3)8-9-13(4,5)14-10-6-7-11-14;1-5-13-10(15)14-8-12(16,9-14)7-6-11(2,3)4;1-9(13)10(14)16-12(7-15-8-12)6-5-11(2,3)4;1-5-13-10(14)16-12(8-15-9-12)7-6-11(2,3)4;1-10(2)13-8-12(14,9-13)7-6-11(3,4)5;1-9(14)13-7-11(12,8-13)6-5-10(2,3)4;1-9(13)12-7-11(14,8-12)6-5-10(2,3)4;1-10(2,3)6-5-9-7-12(4)8-11-9;/h8-11H2,1-5H3;11,15H,4-5,8-10H2,1-3H3;6-7,10-11H2,1-5H3;16H,5,8-9H2,1-4H3,(H,13,15);9H,7-8,13H2,1-4H3;5,8-9H2,1-4H3,(H,13,14);10,14H,8-9H2,1-5H3;7-8H2,1-4H3;14H,7-8H2,1-4H3;7-8H,1-4H3;1H4/t;;;;9-;;;;;;/m....0....../s1. The lowest BCUT2D eigenvalue weighted by atomic mass is 9.90. The number of aliphatic hydroxyl groups is 4. The second kappa shape index (κ2) is 55.8. The fourth-order valence-electron chi connectivity index (χ4n) is 13.2. The number of urea groups is 1. The molecule has 10 fully saturated rings. The summed E-state index contributed by atoms with van der Waals surface area (Å²) in [6.45, 7) is 93.9. The maximum Gasteiger partial charge on any atom is 0.408 e. The largest absolute Gasteiger partial charge is 0.440 e. The minimum Gasteiger partial charge on any atom is -0.440 e. The molecule has 27 nitrogen and oxygen atoms in total. The molecule has 840 valence electrons. The van der Waals surface area contributed by atoms with Crippen molar-refractivity contribution in [3.8, 4) is 118 Å². The lowest BCUT2D eigenvalue weighted by molar-refractivity contribution is -0.193. The maximum absolute atomic E-state index is 13.7. The number of nitrogens with two attached hydrogens (primary N) is 1. The molecule has 10 heterocycles. The van der Waals surface area contributed by atoms with E-state index in [1.54, 1.807) is 23.1 Å². The van der Waals surface area contributed by atoms with Gasteiger partial charge in [0.05, 0.1) is 68.2 Å². The Bertz CT molecular complexity index is 5240. The predicted molar refractivity (Wildman–Crippen MR) is 602 cm³/mol. The van der Waals surface area contributed by atoms with E-state index < -0.39 is 67.2 Å². The molecular formula is C120H197FN12O15S. The summed E-state index contributed by atoms with van der Waals surface area (Å²) in [5.74, 6) is 61.8. The summed E-state index contributed by atoms with van der Waals surface area (Å²) in [5.41, 5.74) is -0.870. The summed E-state index contributed by atoms with van der Waals surface area (Å²) in [6.07, 6.45) is 8.66. The van der Waals surface area contributed by atoms with Gasteiger partial charge in [0.2, 0.25) is 28.7 Å². The van der Waals surface area contributed by atoms with Crippen molar-refractivity contribution in [1.82, 2.24) is 54.5 Å². The Morgan fingerprint density at radius 2 is 0.779 bits per heavy atom. The van der Waals surface area contributed by atoms with Crippen molar-refractivity contribution >= 4 is 39.7 Å². The number of carbonyl (C=O) groups is 5. The predicted octanol–water partition coefficient (Wildman–Crippen LogP) is 15.2. The van der Waals surface area contributed by atoms with Crippen LogP contribution in [0.1, 0.15) is 323 Å². The van der Waals surface area contributed by atoms with E-state index in [0.29, 0.717) is 97.9 Å². The fraction of sp³-hybridized carbons (Fsp3) is 0.767. The first kappa shape index (κ1) is 138. The van der Waals surface area contributed by atoms with Crippen LogP contribution in [-0.4, -0.2) is 314 Å². The Labute approximate surface area is 903 Å². The van der Waals surface area contributed by atoms with Crippen LogP contribution in [0.25, 0.3) is 0 Å². The first-order valence-corrected chi connectivity index (χ1v) is 54.3. The number of aryl methyl sites for hydroxylation is 1. The van der Waals surface area contributed by atoms with Gasteiger partial charge in [0, 0.05) is 146 Å². The van der Waals surface area contributed by atoms with Gasteiger partial charge in [0.1, 0.15) is 38.2 Å². The minimum absolute atomic E-state index is 0. The molecule has 29 heteroatoms. The summed E-state index contributed by atoms with van der Waals surface area (Å²) in [5, 5.41) is 45.1. The van der Waals surface area contributed by atoms with Crippen LogP contribution in [0.5, 0.6) is 0 Å². The van der Waals surface area contributed by atoms with Crippen LogP contribution in [0.2, 0.25) is 0 Å². The number of hydrogen-bond donors (Lipinski definition) is 7. The molecule has 5 amide bonds. The monoisotopic (exact) mass is 2100 g/mol. The Balaban J connectivity index is 0.000000828. The zero-order valence-corrected chi connectivity index (χ0v) is 100.0. The van der Waals surface area contributed by atoms with Crippen molar-refractivity contribution in [3.05, 3.63) is 18.2 Å². The number of sulfone groups is 1. The third-order valence-electron chi connectivity index (χ3n) is 22.1. The van der Waals surface area contributed by atoms with Crippen molar-refractivity contribution in [3.63, 3.8) is 0 Å². The molecule has 9 saturated heterocycles. The lowest BCUT2D eigenvalue weighted by Gasteiger charge is -2.45. The van der Waals surface area contributed by atoms with E-state index in [1.165, 1.54) is 64.1 Å². The van der Waals surface area contributed by atoms with Gasteiger partial charge in [-0.15, -0.1) is 0 Å². The summed E-state index contributed by atoms with van der Waals surface area (Å²) in [4.78, 5) is 73.7. The first-order valence-electron chi connectivity index (χ1n) is 52.5. The number of ether oxygens (including phenoxy) is 4. The molecule has 11 rings (SSSR count). The van der Waals surface area contributed by atoms with Gasteiger partial charge in [0.15, 0.2) is 32.2 Å². The van der Waals surface area contributed by atoms with E-state index in [0.717, 1.165) is 24.7 Å². The van der Waals surface area contributed by atoms with Gasteiger partial charge in [-0.2, -0.15) is 0 Å². The average Bonchev–Trinajstić information content (AvgIpc) is 0.852. The summed E-state index contributed by atoms with van der Waals surface area (Å²) >= 11 is 0. The molecule has 10 aliphatic rings. The van der Waals surface area contributed by atoms with E-state index in [2.05, 4.69) is 299 Å². The zero-order chi connectivity index (χ0) is 114. The molecule has 149 heavy (non-hydrogen) atoms. The molecule has 1 atom stereocenters. The summed E-state index contributed by atoms with van der Waals surface area (Å²) in [6, 6.07) is -0.259. The average molecular weight is 2100 g/mol. The number of alkyl halides is 1. The SMILES string of the molecule is C.CC(=O)N1CC(F)(C#CC(C)(C)C)C1.CC(=O)N1CC(O)(C#CC(C)(C)C)C1.CC(C)(C)C#CC(C)(C)N1CCCC1.CC(C)(C)C#CC(C)(C)N1CCS(=O)(=O)CC1.CC(C)(C)C#CC1(O)CN(CC2CC2)C1.CC(C)N1CC(O)(C#CC(C)(C)C)C1.CCNC(=O)N1CC(O)(C#CC(C)(C)C)C1.CCNC(=O)OC1(C#CC(C)(C)C)COC1.C[C@H](N)C(=O)OC1(C#CC(C)(C)C)COC1.Cn1cnc(C#CC(C)(C)C)c1. The number of carbonyl (C=O) groups excluding carboxylic acids is 5. The highest BCUT2D eigenvalue weighted by molar-refractivity contribution is 7.91. The highest BCUT2D eigenvalue weighted by Crippen LogP contribution is 2.35. The van der Waals surface area contributed by atoms with Crippen molar-refractivity contribution in [2.45, 2.75) is 379 Å². The van der Waals surface area contributed by atoms with Gasteiger partial charge in [-0.3, -0.25) is 34.0 Å². The Hall–Kier alpha value is -8.80. The van der Waals surface area contributed by atoms with Crippen molar-refractivity contribution in [2.75, 3.05) is 149 Å². The van der Waals surface area contributed by atoms with Crippen molar-refractivity contribution in [1.29, 1.82) is 0 Å². The number of nitrogens with one attached hydrogen (secondary N) is 2. The molecule has 0 spiro atoms. The molecule has 0 radical (unpaired) electrons. The number of hydrogen-bond acceptors (Lipinski definition) is 21. The van der Waals surface area contributed by atoms with E-state index in [1.807, 2.05) is 136 Å². The van der Waals surface area contributed by atoms with E-state index in [4.69, 9.17) is 24.7 Å². The smallest absolute Gasteiger partial charge is 0.408 e. The molecule has 1 aliphatic carbocycles. The zero-order valence-electron chi connectivity index (χ0n) is 99.1. The van der Waals surface area contributed by atoms with Crippen LogP contribution < -0.4 is 16.4 Å². The normalized spacial score (nSPS) is 19.3. The first-order chi connectivity index (χ1) is 66.7. The number of β-amino-alcohol motifs (C(OH)–C–C–N with tert-alkyl or cyclic N) is 4. The van der Waals surface area contributed by atoms with Gasteiger partial charge in [-0.25, -0.2) is 27.4 Å². The molecule has 0 aromatic carbocycles. The second-order valence-corrected chi connectivity index (χ2v) is 54.9. The Morgan fingerprint density at radius 1 is 0.456 bits per heavy atom. The van der Waals surface area contributed by atoms with Gasteiger partial charge >= 0.3 is 18.1 Å². The molecule has 9 aliphatic heterocycles. The van der Waals surface area contributed by atoms with Crippen LogP contribution >= 0.6 is 0 Å². The maximum atomic E-state index is 13.7. The quantitative estimate of drug-likeness (QED) is 0.0845. The topological polar surface area (TPSA) is 328 Å². The van der Waals surface area contributed by atoms with Crippen LogP contribution in [0, 0.1) is 178 Å². The highest BCUT2D eigenvalue weighted by Gasteiger charge is 2.48. The molecule has 1 saturated carbocycles. The van der Waals surface area contributed by atoms with Gasteiger partial charge in [-0.05, 0) is 332 Å². The number of alkyl carbamates (subject to hydrolysis) is 1. The highest BCUT2D eigenvalue weighted by atomic mass is 32.2.